The van der Waals surface area contributed by atoms with E-state index in [1.165, 1.54) is 11.0 Å². The van der Waals surface area contributed by atoms with Gasteiger partial charge in [-0.3, -0.25) is 9.59 Å². The topological polar surface area (TPSA) is 89.3 Å². The van der Waals surface area contributed by atoms with Crippen molar-refractivity contribution in [1.29, 1.82) is 0 Å². The van der Waals surface area contributed by atoms with Crippen molar-refractivity contribution in [2.45, 2.75) is 26.3 Å². The zero-order chi connectivity index (χ0) is 20.5. The lowest BCUT2D eigenvalue weighted by atomic mass is 10.1. The number of ketones is 1. The van der Waals surface area contributed by atoms with Crippen LogP contribution in [0.1, 0.15) is 28.2 Å². The first-order valence-electron chi connectivity index (χ1n) is 9.03. The molecule has 0 aliphatic carbocycles. The molecule has 7 nitrogen and oxygen atoms in total. The molecule has 2 aromatic rings. The molecule has 1 aromatic heterocycles. The number of aryl methyl sites for hydroxylation is 1. The van der Waals surface area contributed by atoms with E-state index in [-0.39, 0.29) is 23.6 Å². The maximum absolute atomic E-state index is 13.0. The highest BCUT2D eigenvalue weighted by Crippen LogP contribution is 2.22. The van der Waals surface area contributed by atoms with E-state index in [9.17, 15) is 18.0 Å². The first-order valence-corrected chi connectivity index (χ1v) is 10.9. The van der Waals surface area contributed by atoms with Crippen LogP contribution in [0.4, 0.5) is 0 Å². The lowest BCUT2D eigenvalue weighted by molar-refractivity contribution is -0.127. The van der Waals surface area contributed by atoms with E-state index in [0.29, 0.717) is 17.8 Å². The van der Waals surface area contributed by atoms with Gasteiger partial charge in [-0.15, -0.1) is 6.58 Å². The van der Waals surface area contributed by atoms with Crippen LogP contribution in [0.5, 0.6) is 0 Å². The van der Waals surface area contributed by atoms with E-state index in [1.54, 1.807) is 18.5 Å². The van der Waals surface area contributed by atoms with Crippen molar-refractivity contribution in [2.75, 3.05) is 18.1 Å². The van der Waals surface area contributed by atoms with Crippen LogP contribution in [0.15, 0.2) is 43.0 Å². The van der Waals surface area contributed by atoms with Crippen molar-refractivity contribution in [3.05, 3.63) is 59.9 Å². The van der Waals surface area contributed by atoms with Crippen molar-refractivity contribution in [2.24, 2.45) is 0 Å². The minimum Gasteiger partial charge on any atom is -0.328 e. The maximum atomic E-state index is 13.0. The molecule has 3 rings (SSSR count). The molecule has 0 radical (unpaired) electrons. The monoisotopic (exact) mass is 401 g/mol. The molecule has 1 aromatic carbocycles. The molecule has 2 heterocycles. The highest BCUT2D eigenvalue weighted by atomic mass is 32.2. The standard InChI is InChI=1S/C20H23N3O4S/c1-4-11-22(17-10-12-28(26,27)13-17)20(25)19(24)18-14(2)21-23(15(18)3)16-8-6-5-7-9-16/h4-9,17H,1,10-13H2,2-3H3. The van der Waals surface area contributed by atoms with Gasteiger partial charge in [0.1, 0.15) is 0 Å². The molecule has 8 heteroatoms. The number of carbonyl (C=O) groups excluding carboxylic acids is 2. The van der Waals surface area contributed by atoms with Gasteiger partial charge in [0.25, 0.3) is 11.7 Å². The molecule has 1 saturated heterocycles. The van der Waals surface area contributed by atoms with Gasteiger partial charge >= 0.3 is 0 Å². The van der Waals surface area contributed by atoms with Gasteiger partial charge in [-0.25, -0.2) is 13.1 Å². The summed E-state index contributed by atoms with van der Waals surface area (Å²) in [6.45, 7) is 7.18. The van der Waals surface area contributed by atoms with Crippen molar-refractivity contribution in [3.63, 3.8) is 0 Å². The molecule has 1 aliphatic rings. The normalized spacial score (nSPS) is 18.0. The number of hydrogen-bond acceptors (Lipinski definition) is 5. The summed E-state index contributed by atoms with van der Waals surface area (Å²) in [5.74, 6) is -1.50. The number of benzene rings is 1. The van der Waals surface area contributed by atoms with E-state index in [2.05, 4.69) is 11.7 Å². The van der Waals surface area contributed by atoms with Crippen molar-refractivity contribution < 1.29 is 18.0 Å². The number of amides is 1. The van der Waals surface area contributed by atoms with Crippen LogP contribution in [0.2, 0.25) is 0 Å². The number of rotatable bonds is 6. The second kappa shape index (κ2) is 7.71. The van der Waals surface area contributed by atoms with Gasteiger partial charge in [0.2, 0.25) is 0 Å². The molecular formula is C20H23N3O4S. The van der Waals surface area contributed by atoms with Gasteiger partial charge in [-0.05, 0) is 32.4 Å². The largest absolute Gasteiger partial charge is 0.328 e. The van der Waals surface area contributed by atoms with Gasteiger partial charge < -0.3 is 4.90 Å². The third-order valence-electron chi connectivity index (χ3n) is 4.95. The molecule has 1 unspecified atom stereocenters. The minimum atomic E-state index is -3.19. The Morgan fingerprint density at radius 2 is 1.96 bits per heavy atom. The fraction of sp³-hybridized carbons (Fsp3) is 0.350. The minimum absolute atomic E-state index is 0.0246. The smallest absolute Gasteiger partial charge is 0.295 e. The van der Waals surface area contributed by atoms with Crippen LogP contribution < -0.4 is 0 Å². The summed E-state index contributed by atoms with van der Waals surface area (Å²) < 4.78 is 25.3. The number of para-hydroxylation sites is 1. The lowest BCUT2D eigenvalue weighted by Gasteiger charge is -2.26. The predicted octanol–water partition coefficient (Wildman–Crippen LogP) is 1.87. The van der Waals surface area contributed by atoms with Crippen molar-refractivity contribution in [3.8, 4) is 5.69 Å². The number of carbonyl (C=O) groups is 2. The summed E-state index contributed by atoms with van der Waals surface area (Å²) in [6, 6.07) is 8.83. The molecule has 0 N–H and O–H groups in total. The van der Waals surface area contributed by atoms with Crippen LogP contribution in [0, 0.1) is 13.8 Å². The average Bonchev–Trinajstić information content (AvgIpc) is 3.17. The third-order valence-corrected chi connectivity index (χ3v) is 6.70. The highest BCUT2D eigenvalue weighted by molar-refractivity contribution is 7.91. The van der Waals surface area contributed by atoms with Gasteiger partial charge in [0.05, 0.1) is 34.1 Å². The van der Waals surface area contributed by atoms with Gasteiger partial charge in [-0.1, -0.05) is 24.3 Å². The molecular weight excluding hydrogens is 378 g/mol. The van der Waals surface area contributed by atoms with E-state index < -0.39 is 27.6 Å². The fourth-order valence-electron chi connectivity index (χ4n) is 3.59. The van der Waals surface area contributed by atoms with Crippen molar-refractivity contribution in [1.82, 2.24) is 14.7 Å². The van der Waals surface area contributed by atoms with Gasteiger partial charge in [0, 0.05) is 12.6 Å². The van der Waals surface area contributed by atoms with Crippen LogP contribution >= 0.6 is 0 Å². The van der Waals surface area contributed by atoms with E-state index >= 15 is 0 Å². The zero-order valence-electron chi connectivity index (χ0n) is 16.0. The zero-order valence-corrected chi connectivity index (χ0v) is 16.8. The van der Waals surface area contributed by atoms with Gasteiger partial charge in [0.15, 0.2) is 9.84 Å². The summed E-state index contributed by atoms with van der Waals surface area (Å²) in [6.07, 6.45) is 1.83. The summed E-state index contributed by atoms with van der Waals surface area (Å²) in [5, 5.41) is 4.42. The SMILES string of the molecule is C=CCN(C(=O)C(=O)c1c(C)nn(-c2ccccc2)c1C)C1CCS(=O)(=O)C1. The summed E-state index contributed by atoms with van der Waals surface area (Å²) in [5.41, 5.74) is 2.07. The van der Waals surface area contributed by atoms with Gasteiger partial charge in [-0.2, -0.15) is 5.10 Å². The lowest BCUT2D eigenvalue weighted by Crippen LogP contribution is -2.45. The molecule has 0 saturated carbocycles. The van der Waals surface area contributed by atoms with Crippen LogP contribution in [0.3, 0.4) is 0 Å². The summed E-state index contributed by atoms with van der Waals surface area (Å²) in [4.78, 5) is 27.3. The van der Waals surface area contributed by atoms with Crippen molar-refractivity contribution >= 4 is 21.5 Å². The Morgan fingerprint density at radius 1 is 1.29 bits per heavy atom. The molecule has 0 spiro atoms. The first-order chi connectivity index (χ1) is 13.2. The third kappa shape index (κ3) is 3.77. The second-order valence-electron chi connectivity index (χ2n) is 6.93. The maximum Gasteiger partial charge on any atom is 0.295 e. The van der Waals surface area contributed by atoms with Crippen LogP contribution in [0.25, 0.3) is 5.69 Å². The number of Topliss-reactive ketones (excluding diaryl/α,β-unsaturated/α-hetero) is 1. The molecule has 148 valence electrons. The van der Waals surface area contributed by atoms with Crippen LogP contribution in [-0.2, 0) is 14.6 Å². The van der Waals surface area contributed by atoms with E-state index in [4.69, 9.17) is 0 Å². The molecule has 0 bridgehead atoms. The Hall–Kier alpha value is -2.74. The number of nitrogens with zero attached hydrogens (tertiary/aromatic N) is 3. The molecule has 1 amide bonds. The molecule has 1 atom stereocenters. The number of aromatic nitrogens is 2. The average molecular weight is 401 g/mol. The van der Waals surface area contributed by atoms with E-state index in [0.717, 1.165) is 5.69 Å². The molecule has 28 heavy (non-hydrogen) atoms. The quantitative estimate of drug-likeness (QED) is 0.419. The Balaban J connectivity index is 1.93. The molecule has 1 aliphatic heterocycles. The highest BCUT2D eigenvalue weighted by Gasteiger charge is 2.37. The Kier molecular flexibility index (Phi) is 5.51. The predicted molar refractivity (Wildman–Crippen MR) is 106 cm³/mol. The summed E-state index contributed by atoms with van der Waals surface area (Å²) >= 11 is 0. The Labute approximate surface area is 164 Å². The van der Waals surface area contributed by atoms with Crippen LogP contribution in [-0.4, -0.2) is 58.9 Å². The fourth-order valence-corrected chi connectivity index (χ4v) is 5.32. The second-order valence-corrected chi connectivity index (χ2v) is 9.15. The Morgan fingerprint density at radius 3 is 2.54 bits per heavy atom. The number of sulfone groups is 1. The Bertz CT molecular complexity index is 1030. The number of hydrogen-bond donors (Lipinski definition) is 0. The summed E-state index contributed by atoms with van der Waals surface area (Å²) in [7, 11) is -3.19. The van der Waals surface area contributed by atoms with E-state index in [1.807, 2.05) is 30.3 Å². The molecule has 1 fully saturated rings. The first kappa shape index (κ1) is 20.0.